The molecule has 0 unspecified atom stereocenters. The molecule has 0 spiro atoms. The van der Waals surface area contributed by atoms with Crippen LogP contribution in [0.15, 0.2) is 28.3 Å². The van der Waals surface area contributed by atoms with Gasteiger partial charge in [0.2, 0.25) is 0 Å². The lowest BCUT2D eigenvalue weighted by Crippen LogP contribution is -1.77. The van der Waals surface area contributed by atoms with Crippen LogP contribution in [0.4, 0.5) is 0 Å². The Labute approximate surface area is 89.8 Å². The molecule has 0 bridgehead atoms. The summed E-state index contributed by atoms with van der Waals surface area (Å²) < 4.78 is 1.79. The lowest BCUT2D eigenvalue weighted by molar-refractivity contribution is 1.48. The Morgan fingerprint density at radius 3 is 2.42 bits per heavy atom. The van der Waals surface area contributed by atoms with Crippen molar-refractivity contribution in [3.8, 4) is 6.07 Å². The topological polar surface area (TPSA) is 23.8 Å². The molecular formula is C9H5ClIN. The third-order valence-electron chi connectivity index (χ3n) is 1.39. The SMILES string of the molecule is N#Cc1ccc(C(Cl)=CI)cc1. The molecule has 1 aromatic rings. The lowest BCUT2D eigenvalue weighted by atomic mass is 10.1. The van der Waals surface area contributed by atoms with Gasteiger partial charge < -0.3 is 0 Å². The van der Waals surface area contributed by atoms with Crippen molar-refractivity contribution in [1.82, 2.24) is 0 Å². The second kappa shape index (κ2) is 4.48. The molecule has 60 valence electrons. The van der Waals surface area contributed by atoms with Crippen molar-refractivity contribution >= 4 is 39.2 Å². The number of nitriles is 1. The Hall–Kier alpha value is -0.530. The van der Waals surface area contributed by atoms with Crippen LogP contribution in [0.3, 0.4) is 0 Å². The summed E-state index contributed by atoms with van der Waals surface area (Å²) in [5, 5.41) is 9.22. The van der Waals surface area contributed by atoms with Gasteiger partial charge in [0.1, 0.15) is 0 Å². The highest BCUT2D eigenvalue weighted by Crippen LogP contribution is 2.20. The Morgan fingerprint density at radius 1 is 1.42 bits per heavy atom. The fourth-order valence-electron chi connectivity index (χ4n) is 0.767. The van der Waals surface area contributed by atoms with Gasteiger partial charge in [0.25, 0.3) is 0 Å². The van der Waals surface area contributed by atoms with Crippen LogP contribution in [0.5, 0.6) is 0 Å². The normalized spacial score (nSPS) is 10.9. The van der Waals surface area contributed by atoms with E-state index in [9.17, 15) is 0 Å². The van der Waals surface area contributed by atoms with Crippen LogP contribution in [0.2, 0.25) is 0 Å². The summed E-state index contributed by atoms with van der Waals surface area (Å²) in [6.07, 6.45) is 0. The molecule has 0 atom stereocenters. The number of benzene rings is 1. The summed E-state index contributed by atoms with van der Waals surface area (Å²) in [7, 11) is 0. The van der Waals surface area contributed by atoms with E-state index in [0.29, 0.717) is 10.6 Å². The van der Waals surface area contributed by atoms with Gasteiger partial charge in [-0.1, -0.05) is 46.3 Å². The van der Waals surface area contributed by atoms with Gasteiger partial charge in [-0.3, -0.25) is 0 Å². The minimum Gasteiger partial charge on any atom is -0.192 e. The number of nitrogens with zero attached hydrogens (tertiary/aromatic N) is 1. The van der Waals surface area contributed by atoms with Crippen molar-refractivity contribution < 1.29 is 0 Å². The van der Waals surface area contributed by atoms with Gasteiger partial charge in [0.15, 0.2) is 0 Å². The summed E-state index contributed by atoms with van der Waals surface area (Å²) in [5.74, 6) is 0. The minimum atomic E-state index is 0.650. The van der Waals surface area contributed by atoms with Gasteiger partial charge in [0, 0.05) is 0 Å². The molecule has 0 heterocycles. The van der Waals surface area contributed by atoms with Crippen molar-refractivity contribution in [3.05, 3.63) is 39.5 Å². The van der Waals surface area contributed by atoms with E-state index in [4.69, 9.17) is 16.9 Å². The van der Waals surface area contributed by atoms with Gasteiger partial charge in [-0.2, -0.15) is 5.26 Å². The maximum Gasteiger partial charge on any atom is 0.0991 e. The first-order chi connectivity index (χ1) is 5.77. The number of rotatable bonds is 1. The van der Waals surface area contributed by atoms with Crippen LogP contribution < -0.4 is 0 Å². The molecule has 3 heteroatoms. The molecule has 0 aliphatic carbocycles. The molecule has 0 aliphatic rings. The van der Waals surface area contributed by atoms with Crippen molar-refractivity contribution in [2.24, 2.45) is 0 Å². The Balaban J connectivity index is 3.02. The predicted molar refractivity (Wildman–Crippen MR) is 59.0 cm³/mol. The Morgan fingerprint density at radius 2 is 2.00 bits per heavy atom. The Bertz CT molecular complexity index is 335. The molecule has 1 aromatic carbocycles. The molecule has 12 heavy (non-hydrogen) atoms. The monoisotopic (exact) mass is 289 g/mol. The fourth-order valence-corrected chi connectivity index (χ4v) is 1.25. The van der Waals surface area contributed by atoms with E-state index in [-0.39, 0.29) is 0 Å². The highest BCUT2D eigenvalue weighted by molar-refractivity contribution is 14.1. The first-order valence-electron chi connectivity index (χ1n) is 3.24. The quantitative estimate of drug-likeness (QED) is 0.726. The van der Waals surface area contributed by atoms with Crippen LogP contribution in [-0.4, -0.2) is 0 Å². The van der Waals surface area contributed by atoms with Crippen molar-refractivity contribution in [2.75, 3.05) is 0 Å². The van der Waals surface area contributed by atoms with E-state index in [2.05, 4.69) is 22.6 Å². The minimum absolute atomic E-state index is 0.650. The van der Waals surface area contributed by atoms with Crippen LogP contribution in [0.1, 0.15) is 11.1 Å². The average molecular weight is 290 g/mol. The molecule has 0 radical (unpaired) electrons. The zero-order valence-electron chi connectivity index (χ0n) is 6.09. The Kier molecular flexibility index (Phi) is 3.57. The number of hydrogen-bond donors (Lipinski definition) is 0. The summed E-state index contributed by atoms with van der Waals surface area (Å²) in [4.78, 5) is 0. The van der Waals surface area contributed by atoms with Gasteiger partial charge in [0.05, 0.1) is 16.7 Å². The second-order valence-electron chi connectivity index (χ2n) is 2.15. The van der Waals surface area contributed by atoms with E-state index in [0.717, 1.165) is 5.56 Å². The molecule has 0 aliphatic heterocycles. The number of halogens is 2. The molecular weight excluding hydrogens is 284 g/mol. The van der Waals surface area contributed by atoms with E-state index < -0.39 is 0 Å². The summed E-state index contributed by atoms with van der Waals surface area (Å²) in [6.45, 7) is 0. The van der Waals surface area contributed by atoms with Crippen LogP contribution >= 0.6 is 34.2 Å². The highest BCUT2D eigenvalue weighted by Gasteiger charge is 1.96. The first-order valence-corrected chi connectivity index (χ1v) is 4.86. The molecule has 0 saturated heterocycles. The average Bonchev–Trinajstić information content (AvgIpc) is 2.17. The first kappa shape index (κ1) is 9.56. The molecule has 0 aromatic heterocycles. The smallest absolute Gasteiger partial charge is 0.0991 e. The van der Waals surface area contributed by atoms with Crippen molar-refractivity contribution in [2.45, 2.75) is 0 Å². The molecule has 1 nitrogen and oxygen atoms in total. The number of hydrogen-bond acceptors (Lipinski definition) is 1. The van der Waals surface area contributed by atoms with Crippen molar-refractivity contribution in [1.29, 1.82) is 5.26 Å². The van der Waals surface area contributed by atoms with E-state index in [1.54, 1.807) is 16.2 Å². The predicted octanol–water partition coefficient (Wildman–Crippen LogP) is 3.53. The van der Waals surface area contributed by atoms with Gasteiger partial charge >= 0.3 is 0 Å². The standard InChI is InChI=1S/C9H5ClIN/c10-9(5-11)8-3-1-7(6-12)2-4-8/h1-5H. The fraction of sp³-hybridized carbons (Fsp3) is 0. The van der Waals surface area contributed by atoms with Gasteiger partial charge in [-0.05, 0) is 21.8 Å². The van der Waals surface area contributed by atoms with Crippen LogP contribution in [0.25, 0.3) is 5.03 Å². The summed E-state index contributed by atoms with van der Waals surface area (Å²) in [6, 6.07) is 9.20. The molecule has 1 rings (SSSR count). The summed E-state index contributed by atoms with van der Waals surface area (Å²) in [5.41, 5.74) is 1.58. The molecule has 0 N–H and O–H groups in total. The van der Waals surface area contributed by atoms with Gasteiger partial charge in [-0.15, -0.1) is 0 Å². The zero-order chi connectivity index (χ0) is 8.97. The maximum absolute atomic E-state index is 8.53. The van der Waals surface area contributed by atoms with E-state index in [1.165, 1.54) is 0 Å². The summed E-state index contributed by atoms with van der Waals surface area (Å²) >= 11 is 7.93. The molecule has 0 saturated carbocycles. The van der Waals surface area contributed by atoms with E-state index >= 15 is 0 Å². The van der Waals surface area contributed by atoms with Gasteiger partial charge in [-0.25, -0.2) is 0 Å². The maximum atomic E-state index is 8.53. The second-order valence-corrected chi connectivity index (χ2v) is 3.18. The largest absolute Gasteiger partial charge is 0.192 e. The van der Waals surface area contributed by atoms with E-state index in [1.807, 2.05) is 18.2 Å². The third kappa shape index (κ3) is 2.23. The molecule has 0 amide bonds. The van der Waals surface area contributed by atoms with Crippen LogP contribution in [0, 0.1) is 11.3 Å². The highest BCUT2D eigenvalue weighted by atomic mass is 127. The third-order valence-corrected chi connectivity index (χ3v) is 2.70. The lowest BCUT2D eigenvalue weighted by Gasteiger charge is -1.96. The van der Waals surface area contributed by atoms with Crippen LogP contribution in [-0.2, 0) is 0 Å². The zero-order valence-corrected chi connectivity index (χ0v) is 9.00. The van der Waals surface area contributed by atoms with Crippen molar-refractivity contribution in [3.63, 3.8) is 0 Å². The molecule has 0 fully saturated rings.